The highest BCUT2D eigenvalue weighted by atomic mass is 35.5. The highest BCUT2D eigenvalue weighted by Crippen LogP contribution is 2.36. The van der Waals surface area contributed by atoms with Gasteiger partial charge in [0, 0.05) is 30.3 Å². The number of benzene rings is 3. The Hall–Kier alpha value is -2.20. The number of nitrogens with one attached hydrogen (secondary N) is 1. The molecule has 4 rings (SSSR count). The van der Waals surface area contributed by atoms with E-state index >= 15 is 0 Å². The summed E-state index contributed by atoms with van der Waals surface area (Å²) in [5.74, 6) is 0.636. The first-order valence-electron chi connectivity index (χ1n) is 11.8. The summed E-state index contributed by atoms with van der Waals surface area (Å²) >= 11 is 18.6. The summed E-state index contributed by atoms with van der Waals surface area (Å²) in [7, 11) is 0. The van der Waals surface area contributed by atoms with Crippen molar-refractivity contribution in [3.63, 3.8) is 0 Å². The summed E-state index contributed by atoms with van der Waals surface area (Å²) in [4.78, 5) is 15.6. The molecule has 0 saturated heterocycles. The Kier molecular flexibility index (Phi) is 8.41. The van der Waals surface area contributed by atoms with Crippen LogP contribution in [0.5, 0.6) is 0 Å². The molecule has 0 spiro atoms. The molecule has 34 heavy (non-hydrogen) atoms. The third kappa shape index (κ3) is 6.07. The lowest BCUT2D eigenvalue weighted by Crippen LogP contribution is -2.33. The number of carbonyl (C=O) groups is 1. The van der Waals surface area contributed by atoms with Gasteiger partial charge >= 0.3 is 0 Å². The molecular weight excluding hydrogens is 487 g/mol. The highest BCUT2D eigenvalue weighted by Gasteiger charge is 2.22. The van der Waals surface area contributed by atoms with Crippen LogP contribution in [0, 0.1) is 0 Å². The summed E-state index contributed by atoms with van der Waals surface area (Å²) in [6, 6.07) is 19.7. The van der Waals surface area contributed by atoms with Gasteiger partial charge in [0.05, 0.1) is 15.6 Å². The summed E-state index contributed by atoms with van der Waals surface area (Å²) in [5, 5.41) is 4.87. The van der Waals surface area contributed by atoms with Crippen molar-refractivity contribution in [1.29, 1.82) is 0 Å². The molecule has 0 radical (unpaired) electrons. The number of carbonyl (C=O) groups excluding carboxylic acids is 1. The molecule has 3 aromatic carbocycles. The Balaban J connectivity index is 1.58. The van der Waals surface area contributed by atoms with E-state index in [0.29, 0.717) is 52.6 Å². The van der Waals surface area contributed by atoms with Crippen LogP contribution >= 0.6 is 34.8 Å². The fraction of sp³-hybridized carbons (Fsp3) is 0.321. The molecule has 3 nitrogen and oxygen atoms in total. The van der Waals surface area contributed by atoms with Crippen LogP contribution in [0.2, 0.25) is 15.1 Å². The lowest BCUT2D eigenvalue weighted by atomic mass is 9.80. The summed E-state index contributed by atoms with van der Waals surface area (Å²) < 4.78 is 0. The van der Waals surface area contributed by atoms with Crippen molar-refractivity contribution in [2.45, 2.75) is 45.1 Å². The molecule has 1 saturated carbocycles. The molecule has 1 fully saturated rings. The molecule has 0 atom stereocenters. The van der Waals surface area contributed by atoms with Gasteiger partial charge in [0.2, 0.25) is 0 Å². The Morgan fingerprint density at radius 3 is 2.32 bits per heavy atom. The number of amides is 1. The van der Waals surface area contributed by atoms with E-state index in [2.05, 4.69) is 29.6 Å². The maximum absolute atomic E-state index is 13.8. The van der Waals surface area contributed by atoms with Gasteiger partial charge in [-0.15, -0.1) is 0 Å². The lowest BCUT2D eigenvalue weighted by molar-refractivity contribution is 0.0746. The minimum absolute atomic E-state index is 0.0541. The maximum atomic E-state index is 13.8. The van der Waals surface area contributed by atoms with E-state index < -0.39 is 0 Å². The van der Waals surface area contributed by atoms with Crippen molar-refractivity contribution in [3.8, 4) is 0 Å². The standard InChI is InChI=1S/C28H29Cl3N2O/c1-2-32-27-13-11-23(29)17-24(27)28(34)33(15-14-19-8-12-25(30)26(31)16-19)18-20-6-9-22(10-7-20)21-4-3-5-21/h6-13,16-17,21,32H,2-5,14-15,18H2,1H3. The third-order valence-electron chi connectivity index (χ3n) is 6.45. The number of rotatable bonds is 9. The fourth-order valence-corrected chi connectivity index (χ4v) is 4.77. The maximum Gasteiger partial charge on any atom is 0.256 e. The molecule has 3 aromatic rings. The third-order valence-corrected chi connectivity index (χ3v) is 7.42. The predicted molar refractivity (Wildman–Crippen MR) is 144 cm³/mol. The SMILES string of the molecule is CCNc1ccc(Cl)cc1C(=O)N(CCc1ccc(Cl)c(Cl)c1)Cc1ccc(C2CCC2)cc1. The monoisotopic (exact) mass is 514 g/mol. The van der Waals surface area contributed by atoms with Crippen molar-refractivity contribution >= 4 is 46.4 Å². The van der Waals surface area contributed by atoms with Gasteiger partial charge in [-0.1, -0.05) is 71.6 Å². The molecule has 0 bridgehead atoms. The van der Waals surface area contributed by atoms with E-state index in [1.54, 1.807) is 18.2 Å². The average Bonchev–Trinajstić information content (AvgIpc) is 2.79. The van der Waals surface area contributed by atoms with Crippen molar-refractivity contribution in [2.24, 2.45) is 0 Å². The number of hydrogen-bond donors (Lipinski definition) is 1. The van der Waals surface area contributed by atoms with E-state index in [0.717, 1.165) is 16.8 Å². The van der Waals surface area contributed by atoms with Crippen molar-refractivity contribution < 1.29 is 4.79 Å². The molecule has 0 unspecified atom stereocenters. The molecule has 0 heterocycles. The Morgan fingerprint density at radius 1 is 0.941 bits per heavy atom. The molecule has 1 N–H and O–H groups in total. The van der Waals surface area contributed by atoms with Crippen LogP contribution in [-0.4, -0.2) is 23.9 Å². The molecule has 178 valence electrons. The minimum atomic E-state index is -0.0541. The summed E-state index contributed by atoms with van der Waals surface area (Å²) in [6.45, 7) is 3.78. The normalized spacial score (nSPS) is 13.4. The lowest BCUT2D eigenvalue weighted by Gasteiger charge is -2.27. The average molecular weight is 516 g/mol. The Bertz CT molecular complexity index is 1140. The van der Waals surface area contributed by atoms with Crippen LogP contribution in [0.15, 0.2) is 60.7 Å². The second kappa shape index (κ2) is 11.5. The van der Waals surface area contributed by atoms with Crippen LogP contribution in [0.4, 0.5) is 5.69 Å². The zero-order chi connectivity index (χ0) is 24.1. The van der Waals surface area contributed by atoms with Gasteiger partial charge in [-0.25, -0.2) is 0 Å². The number of anilines is 1. The van der Waals surface area contributed by atoms with Gasteiger partial charge in [0.1, 0.15) is 0 Å². The first-order valence-corrected chi connectivity index (χ1v) is 12.9. The van der Waals surface area contributed by atoms with Crippen LogP contribution in [0.3, 0.4) is 0 Å². The Morgan fingerprint density at radius 2 is 1.68 bits per heavy atom. The predicted octanol–water partition coefficient (Wildman–Crippen LogP) is 8.23. The molecular formula is C28H29Cl3N2O. The first kappa shape index (κ1) is 24.9. The molecule has 6 heteroatoms. The van der Waals surface area contributed by atoms with Gasteiger partial charge in [-0.3, -0.25) is 4.79 Å². The van der Waals surface area contributed by atoms with E-state index in [4.69, 9.17) is 34.8 Å². The van der Waals surface area contributed by atoms with Gasteiger partial charge in [0.25, 0.3) is 5.91 Å². The number of nitrogens with zero attached hydrogens (tertiary/aromatic N) is 1. The number of hydrogen-bond acceptors (Lipinski definition) is 2. The van der Waals surface area contributed by atoms with E-state index in [9.17, 15) is 4.79 Å². The summed E-state index contributed by atoms with van der Waals surface area (Å²) in [6.07, 6.45) is 4.53. The second-order valence-corrected chi connectivity index (χ2v) is 10.1. The minimum Gasteiger partial charge on any atom is -0.385 e. The number of halogens is 3. The Labute approximate surface area is 217 Å². The van der Waals surface area contributed by atoms with Crippen molar-refractivity contribution in [1.82, 2.24) is 4.90 Å². The van der Waals surface area contributed by atoms with Gasteiger partial charge in [-0.2, -0.15) is 0 Å². The van der Waals surface area contributed by atoms with Crippen LogP contribution in [0.1, 0.15) is 59.2 Å². The topological polar surface area (TPSA) is 32.3 Å². The van der Waals surface area contributed by atoms with Gasteiger partial charge in [0.15, 0.2) is 0 Å². The largest absolute Gasteiger partial charge is 0.385 e. The highest BCUT2D eigenvalue weighted by molar-refractivity contribution is 6.42. The van der Waals surface area contributed by atoms with E-state index in [1.807, 2.05) is 30.0 Å². The van der Waals surface area contributed by atoms with E-state index in [1.165, 1.54) is 24.8 Å². The van der Waals surface area contributed by atoms with E-state index in [-0.39, 0.29) is 5.91 Å². The van der Waals surface area contributed by atoms with Crippen LogP contribution < -0.4 is 5.32 Å². The fourth-order valence-electron chi connectivity index (χ4n) is 4.28. The van der Waals surface area contributed by atoms with Gasteiger partial charge in [-0.05, 0) is 79.1 Å². The first-order chi connectivity index (χ1) is 16.4. The van der Waals surface area contributed by atoms with Gasteiger partial charge < -0.3 is 10.2 Å². The molecule has 1 amide bonds. The molecule has 0 aliphatic heterocycles. The quantitative estimate of drug-likeness (QED) is 0.311. The summed E-state index contributed by atoms with van der Waals surface area (Å²) in [5.41, 5.74) is 4.91. The van der Waals surface area contributed by atoms with Crippen molar-refractivity contribution in [3.05, 3.63) is 98.0 Å². The second-order valence-electron chi connectivity index (χ2n) is 8.81. The van der Waals surface area contributed by atoms with Crippen LogP contribution in [0.25, 0.3) is 0 Å². The van der Waals surface area contributed by atoms with Crippen molar-refractivity contribution in [2.75, 3.05) is 18.4 Å². The zero-order valence-corrected chi connectivity index (χ0v) is 21.6. The zero-order valence-electron chi connectivity index (χ0n) is 19.3. The molecule has 1 aliphatic rings. The van der Waals surface area contributed by atoms with Crippen LogP contribution in [-0.2, 0) is 13.0 Å². The molecule has 1 aliphatic carbocycles. The smallest absolute Gasteiger partial charge is 0.256 e. The molecule has 0 aromatic heterocycles.